The number of rotatable bonds is 3. The lowest BCUT2D eigenvalue weighted by Crippen LogP contribution is -2.12. The van der Waals surface area contributed by atoms with Crippen LogP contribution in [0.5, 0.6) is 0 Å². The highest BCUT2D eigenvalue weighted by Gasteiger charge is 2.24. The maximum absolute atomic E-state index is 12.7. The summed E-state index contributed by atoms with van der Waals surface area (Å²) in [7, 11) is 0. The molecule has 3 aromatic heterocycles. The summed E-state index contributed by atoms with van der Waals surface area (Å²) in [5.41, 5.74) is 10.6. The lowest BCUT2D eigenvalue weighted by molar-refractivity contribution is 0.103. The normalized spacial score (nSPS) is 13.8. The highest BCUT2D eigenvalue weighted by Crippen LogP contribution is 2.39. The van der Waals surface area contributed by atoms with Crippen LogP contribution in [0.3, 0.4) is 0 Å². The molecule has 1 aliphatic rings. The van der Waals surface area contributed by atoms with Gasteiger partial charge in [0, 0.05) is 11.1 Å². The average Bonchev–Trinajstić information content (AvgIpc) is 3.19. The molecule has 130 valence electrons. The van der Waals surface area contributed by atoms with E-state index in [1.54, 1.807) is 0 Å². The number of anilines is 2. The number of aromatic nitrogens is 3. The SMILES string of the molecule is CCc1nnc(NC(=O)c2sc3nc(C)c4c(c3c2N)CCCC4)s1. The molecule has 1 amide bonds. The number of nitrogens with two attached hydrogens (primary N) is 1. The van der Waals surface area contributed by atoms with E-state index in [1.807, 2.05) is 13.8 Å². The topological polar surface area (TPSA) is 93.8 Å². The minimum Gasteiger partial charge on any atom is -0.397 e. The average molecular weight is 374 g/mol. The van der Waals surface area contributed by atoms with Gasteiger partial charge >= 0.3 is 0 Å². The van der Waals surface area contributed by atoms with E-state index in [9.17, 15) is 4.79 Å². The van der Waals surface area contributed by atoms with E-state index in [0.29, 0.717) is 15.7 Å². The van der Waals surface area contributed by atoms with E-state index in [-0.39, 0.29) is 5.91 Å². The van der Waals surface area contributed by atoms with Gasteiger partial charge in [0.15, 0.2) is 0 Å². The second kappa shape index (κ2) is 6.34. The van der Waals surface area contributed by atoms with E-state index < -0.39 is 0 Å². The van der Waals surface area contributed by atoms with Crippen molar-refractivity contribution in [3.8, 4) is 0 Å². The first-order valence-corrected chi connectivity index (χ1v) is 10.1. The second-order valence-electron chi connectivity index (χ2n) is 6.20. The van der Waals surface area contributed by atoms with E-state index in [1.165, 1.54) is 40.2 Å². The summed E-state index contributed by atoms with van der Waals surface area (Å²) in [4.78, 5) is 18.8. The van der Waals surface area contributed by atoms with Crippen molar-refractivity contribution >= 4 is 49.6 Å². The van der Waals surface area contributed by atoms with Crippen LogP contribution < -0.4 is 11.1 Å². The number of pyridine rings is 1. The Kier molecular flexibility index (Phi) is 4.16. The molecule has 3 aromatic rings. The minimum absolute atomic E-state index is 0.235. The fraction of sp³-hybridized carbons (Fsp3) is 0.412. The summed E-state index contributed by atoms with van der Waals surface area (Å²) < 4.78 is 0. The van der Waals surface area contributed by atoms with Crippen LogP contribution in [0.15, 0.2) is 0 Å². The second-order valence-corrected chi connectivity index (χ2v) is 8.26. The summed E-state index contributed by atoms with van der Waals surface area (Å²) in [6.45, 7) is 4.06. The number of aryl methyl sites for hydroxylation is 3. The molecule has 0 radical (unpaired) electrons. The van der Waals surface area contributed by atoms with E-state index in [2.05, 4.69) is 15.5 Å². The smallest absolute Gasteiger partial charge is 0.269 e. The number of thiophene rings is 1. The predicted octanol–water partition coefficient (Wildman–Crippen LogP) is 3.73. The third-order valence-corrected chi connectivity index (χ3v) is 6.68. The molecule has 6 nitrogen and oxygen atoms in total. The Morgan fingerprint density at radius 2 is 1.96 bits per heavy atom. The number of carbonyl (C=O) groups is 1. The molecule has 0 aromatic carbocycles. The van der Waals surface area contributed by atoms with Crippen molar-refractivity contribution in [3.63, 3.8) is 0 Å². The monoisotopic (exact) mass is 373 g/mol. The molecule has 0 aliphatic heterocycles. The molecular weight excluding hydrogens is 354 g/mol. The first-order valence-electron chi connectivity index (χ1n) is 8.42. The number of carbonyl (C=O) groups excluding carboxylic acids is 1. The lowest BCUT2D eigenvalue weighted by atomic mass is 9.89. The van der Waals surface area contributed by atoms with Crippen molar-refractivity contribution < 1.29 is 4.79 Å². The molecule has 0 spiro atoms. The van der Waals surface area contributed by atoms with Gasteiger partial charge in [0.05, 0.1) is 5.69 Å². The number of fused-ring (bicyclic) bond motifs is 3. The van der Waals surface area contributed by atoms with Crippen molar-refractivity contribution in [1.82, 2.24) is 15.2 Å². The summed E-state index contributed by atoms with van der Waals surface area (Å²) in [6.07, 6.45) is 5.20. The number of hydrogen-bond donors (Lipinski definition) is 2. The molecule has 0 atom stereocenters. The van der Waals surface area contributed by atoms with Crippen molar-refractivity contribution in [3.05, 3.63) is 26.7 Å². The molecule has 0 unspecified atom stereocenters. The number of nitrogens with one attached hydrogen (secondary N) is 1. The third kappa shape index (κ3) is 2.79. The van der Waals surface area contributed by atoms with Crippen LogP contribution in [-0.2, 0) is 19.3 Å². The van der Waals surface area contributed by atoms with E-state index >= 15 is 0 Å². The Labute approximate surface area is 153 Å². The van der Waals surface area contributed by atoms with Crippen molar-refractivity contribution in [2.45, 2.75) is 46.0 Å². The van der Waals surface area contributed by atoms with E-state index in [4.69, 9.17) is 10.7 Å². The fourth-order valence-electron chi connectivity index (χ4n) is 3.37. The van der Waals surface area contributed by atoms with Gasteiger partial charge in [0.25, 0.3) is 5.91 Å². The lowest BCUT2D eigenvalue weighted by Gasteiger charge is -2.18. The molecule has 0 fully saturated rings. The fourth-order valence-corrected chi connectivity index (χ4v) is 5.11. The third-order valence-electron chi connectivity index (χ3n) is 4.60. The molecule has 8 heteroatoms. The van der Waals surface area contributed by atoms with Gasteiger partial charge in [-0.1, -0.05) is 18.3 Å². The highest BCUT2D eigenvalue weighted by atomic mass is 32.1. The van der Waals surface area contributed by atoms with Crippen LogP contribution in [-0.4, -0.2) is 21.1 Å². The molecule has 1 aliphatic carbocycles. The van der Waals surface area contributed by atoms with Gasteiger partial charge in [-0.2, -0.15) is 0 Å². The summed E-state index contributed by atoms with van der Waals surface area (Å²) >= 11 is 2.75. The van der Waals surface area contributed by atoms with Crippen LogP contribution in [0.2, 0.25) is 0 Å². The van der Waals surface area contributed by atoms with Crippen molar-refractivity contribution in [1.29, 1.82) is 0 Å². The Morgan fingerprint density at radius 1 is 1.20 bits per heavy atom. The Morgan fingerprint density at radius 3 is 2.68 bits per heavy atom. The quantitative estimate of drug-likeness (QED) is 0.729. The van der Waals surface area contributed by atoms with Gasteiger partial charge < -0.3 is 5.73 Å². The van der Waals surface area contributed by atoms with Crippen LogP contribution in [0.1, 0.15) is 51.3 Å². The Balaban J connectivity index is 1.75. The molecule has 3 N–H and O–H groups in total. The zero-order valence-corrected chi connectivity index (χ0v) is 15.8. The molecule has 0 saturated carbocycles. The zero-order chi connectivity index (χ0) is 17.6. The van der Waals surface area contributed by atoms with Crippen LogP contribution in [0, 0.1) is 6.92 Å². The number of nitrogen functional groups attached to an aromatic ring is 1. The molecule has 0 bridgehead atoms. The number of hydrogen-bond acceptors (Lipinski definition) is 7. The van der Waals surface area contributed by atoms with E-state index in [0.717, 1.165) is 46.6 Å². The minimum atomic E-state index is -0.235. The molecular formula is C17H19N5OS2. The maximum atomic E-state index is 12.7. The largest absolute Gasteiger partial charge is 0.397 e. The van der Waals surface area contributed by atoms with Gasteiger partial charge in [-0.3, -0.25) is 10.1 Å². The summed E-state index contributed by atoms with van der Waals surface area (Å²) in [5.74, 6) is -0.235. The summed E-state index contributed by atoms with van der Waals surface area (Å²) in [5, 5.41) is 13.2. The van der Waals surface area contributed by atoms with Gasteiger partial charge in [-0.15, -0.1) is 21.5 Å². The maximum Gasteiger partial charge on any atom is 0.269 e. The van der Waals surface area contributed by atoms with Crippen LogP contribution in [0.25, 0.3) is 10.2 Å². The first-order chi connectivity index (χ1) is 12.1. The van der Waals surface area contributed by atoms with Crippen molar-refractivity contribution in [2.24, 2.45) is 0 Å². The standard InChI is InChI=1S/C17H19N5OS2/c1-3-11-21-22-17(24-11)20-15(23)14-13(18)12-10-7-5-4-6-9(10)8(2)19-16(12)25-14/h3-7,18H2,1-2H3,(H,20,22,23). The van der Waals surface area contributed by atoms with Gasteiger partial charge in [0.2, 0.25) is 5.13 Å². The van der Waals surface area contributed by atoms with Gasteiger partial charge in [-0.25, -0.2) is 4.98 Å². The van der Waals surface area contributed by atoms with Crippen molar-refractivity contribution in [2.75, 3.05) is 11.1 Å². The predicted molar refractivity (Wildman–Crippen MR) is 103 cm³/mol. The molecule has 3 heterocycles. The summed E-state index contributed by atoms with van der Waals surface area (Å²) in [6, 6.07) is 0. The van der Waals surface area contributed by atoms with Gasteiger partial charge in [0.1, 0.15) is 14.7 Å². The Hall–Kier alpha value is -2.06. The van der Waals surface area contributed by atoms with Gasteiger partial charge in [-0.05, 0) is 50.2 Å². The molecule has 4 rings (SSSR count). The number of nitrogens with zero attached hydrogens (tertiary/aromatic N) is 3. The molecule has 25 heavy (non-hydrogen) atoms. The van der Waals surface area contributed by atoms with Crippen LogP contribution in [0.4, 0.5) is 10.8 Å². The Bertz CT molecular complexity index is 975. The molecule has 0 saturated heterocycles. The highest BCUT2D eigenvalue weighted by molar-refractivity contribution is 7.21. The number of amides is 1. The zero-order valence-electron chi connectivity index (χ0n) is 14.2. The van der Waals surface area contributed by atoms with Crippen LogP contribution >= 0.6 is 22.7 Å². The first kappa shape index (κ1) is 16.4.